The molecule has 2 aromatic carbocycles. The van der Waals surface area contributed by atoms with E-state index in [1.807, 2.05) is 36.4 Å². The van der Waals surface area contributed by atoms with Crippen LogP contribution in [0.15, 0.2) is 71.9 Å². The summed E-state index contributed by atoms with van der Waals surface area (Å²) in [6.45, 7) is -0.0531. The standard InChI is InChI=1S/C32H36N2O8S/c35-19-21-9-11-22(12-10-21)27-18-25(20-43-30-26(31(39)40)6-5-17-33-30)41-32(42-27)23-13-15-24(16-14-23)34-28(36)7-3-1-2-4-8-29(37)38/h5-6,9-17,25,27,32,35H,1-4,7-8,18-20H2,(H,34,36)(H,37,38)(H,39,40). The SMILES string of the molecule is O=C(O)CCCCCCC(=O)Nc1ccc(C2OC(CSc3ncccc3C(=O)O)CC(c3ccc(CO)cc3)O2)cc1. The Hall–Kier alpha value is -3.77. The van der Waals surface area contributed by atoms with Crippen LogP contribution in [0.2, 0.25) is 0 Å². The van der Waals surface area contributed by atoms with Crippen LogP contribution in [0.5, 0.6) is 0 Å². The molecule has 0 saturated carbocycles. The molecule has 1 fully saturated rings. The first-order valence-electron chi connectivity index (χ1n) is 14.3. The van der Waals surface area contributed by atoms with Gasteiger partial charge in [0.25, 0.3) is 0 Å². The lowest BCUT2D eigenvalue weighted by Gasteiger charge is -2.36. The molecule has 0 aliphatic carbocycles. The first-order chi connectivity index (χ1) is 20.8. The average Bonchev–Trinajstić information content (AvgIpc) is 3.02. The number of ether oxygens (including phenoxy) is 2. The number of hydrogen-bond acceptors (Lipinski definition) is 8. The summed E-state index contributed by atoms with van der Waals surface area (Å²) in [6, 6.07) is 18.0. The van der Waals surface area contributed by atoms with E-state index in [9.17, 15) is 24.6 Å². The molecule has 1 aliphatic heterocycles. The molecule has 10 nitrogen and oxygen atoms in total. The summed E-state index contributed by atoms with van der Waals surface area (Å²) < 4.78 is 12.7. The van der Waals surface area contributed by atoms with Crippen LogP contribution in [-0.4, -0.2) is 50.0 Å². The van der Waals surface area contributed by atoms with Gasteiger partial charge in [0.15, 0.2) is 6.29 Å². The number of rotatable bonds is 15. The second-order valence-electron chi connectivity index (χ2n) is 10.3. The molecule has 1 aliphatic rings. The second-order valence-corrected chi connectivity index (χ2v) is 11.3. The highest BCUT2D eigenvalue weighted by molar-refractivity contribution is 7.99. The summed E-state index contributed by atoms with van der Waals surface area (Å²) >= 11 is 1.32. The van der Waals surface area contributed by atoms with Crippen molar-refractivity contribution in [3.05, 3.63) is 89.1 Å². The molecular formula is C32H36N2O8S. The molecule has 2 heterocycles. The van der Waals surface area contributed by atoms with Gasteiger partial charge >= 0.3 is 11.9 Å². The second kappa shape index (κ2) is 16.2. The Bertz CT molecular complexity index is 1370. The Morgan fingerprint density at radius 1 is 0.884 bits per heavy atom. The minimum absolute atomic E-state index is 0.0531. The third-order valence-corrected chi connectivity index (χ3v) is 8.17. The topological polar surface area (TPSA) is 155 Å². The number of aromatic nitrogens is 1. The van der Waals surface area contributed by atoms with E-state index in [2.05, 4.69) is 10.3 Å². The van der Waals surface area contributed by atoms with Gasteiger partial charge < -0.3 is 30.1 Å². The van der Waals surface area contributed by atoms with Crippen molar-refractivity contribution >= 4 is 35.3 Å². The number of carboxylic acids is 2. The average molecular weight is 609 g/mol. The van der Waals surface area contributed by atoms with Crippen molar-refractivity contribution in [3.63, 3.8) is 0 Å². The van der Waals surface area contributed by atoms with Crippen LogP contribution in [-0.2, 0) is 25.7 Å². The number of amides is 1. The third-order valence-electron chi connectivity index (χ3n) is 7.03. The molecule has 0 radical (unpaired) electrons. The Morgan fingerprint density at radius 3 is 2.26 bits per heavy atom. The van der Waals surface area contributed by atoms with E-state index < -0.39 is 18.2 Å². The molecular weight excluding hydrogens is 572 g/mol. The number of aromatic carboxylic acids is 1. The van der Waals surface area contributed by atoms with E-state index in [1.54, 1.807) is 24.4 Å². The predicted molar refractivity (Wildman–Crippen MR) is 161 cm³/mol. The minimum atomic E-state index is -1.04. The summed E-state index contributed by atoms with van der Waals surface area (Å²) in [6.07, 6.45) is 4.25. The van der Waals surface area contributed by atoms with Gasteiger partial charge in [0.1, 0.15) is 5.03 Å². The summed E-state index contributed by atoms with van der Waals surface area (Å²) in [4.78, 5) is 38.8. The number of aliphatic hydroxyl groups is 1. The molecule has 228 valence electrons. The Labute approximate surface area is 254 Å². The number of aliphatic carboxylic acids is 1. The number of aliphatic hydroxyl groups excluding tert-OH is 1. The molecule has 43 heavy (non-hydrogen) atoms. The highest BCUT2D eigenvalue weighted by Crippen LogP contribution is 2.39. The number of nitrogens with zero attached hydrogens (tertiary/aromatic N) is 1. The van der Waals surface area contributed by atoms with E-state index in [-0.39, 0.29) is 36.7 Å². The van der Waals surface area contributed by atoms with Crippen LogP contribution in [0.25, 0.3) is 0 Å². The number of nitrogens with one attached hydrogen (secondary N) is 1. The highest BCUT2D eigenvalue weighted by Gasteiger charge is 2.32. The number of carbonyl (C=O) groups excluding carboxylic acids is 1. The normalized spacial score (nSPS) is 18.2. The molecule has 1 saturated heterocycles. The number of thioether (sulfide) groups is 1. The zero-order valence-electron chi connectivity index (χ0n) is 23.7. The zero-order chi connectivity index (χ0) is 30.6. The van der Waals surface area contributed by atoms with E-state index in [4.69, 9.17) is 14.6 Å². The smallest absolute Gasteiger partial charge is 0.338 e. The summed E-state index contributed by atoms with van der Waals surface area (Å²) in [5.41, 5.74) is 3.30. The van der Waals surface area contributed by atoms with Gasteiger partial charge in [-0.15, -0.1) is 11.8 Å². The van der Waals surface area contributed by atoms with Gasteiger partial charge in [0.05, 0.1) is 24.4 Å². The van der Waals surface area contributed by atoms with E-state index in [1.165, 1.54) is 17.8 Å². The maximum Gasteiger partial charge on any atom is 0.338 e. The predicted octanol–water partition coefficient (Wildman–Crippen LogP) is 5.97. The molecule has 1 aromatic heterocycles. The van der Waals surface area contributed by atoms with Crippen LogP contribution in [0.3, 0.4) is 0 Å². The van der Waals surface area contributed by atoms with Crippen LogP contribution in [0, 0.1) is 0 Å². The maximum absolute atomic E-state index is 12.4. The molecule has 3 unspecified atom stereocenters. The molecule has 3 aromatic rings. The number of hydrogen-bond donors (Lipinski definition) is 4. The van der Waals surface area contributed by atoms with Gasteiger partial charge in [-0.25, -0.2) is 9.78 Å². The number of carboxylic acid groups (broad SMARTS) is 2. The third kappa shape index (κ3) is 9.89. The molecule has 4 N–H and O–H groups in total. The molecule has 0 bridgehead atoms. The Morgan fingerprint density at radius 2 is 1.58 bits per heavy atom. The molecule has 0 spiro atoms. The van der Waals surface area contributed by atoms with Gasteiger partial charge in [-0.05, 0) is 48.2 Å². The van der Waals surface area contributed by atoms with Crippen molar-refractivity contribution in [3.8, 4) is 0 Å². The minimum Gasteiger partial charge on any atom is -0.481 e. The summed E-state index contributed by atoms with van der Waals surface area (Å²) in [5.74, 6) is -1.47. The number of carbonyl (C=O) groups is 3. The Balaban J connectivity index is 1.39. The molecule has 1 amide bonds. The fraction of sp³-hybridized carbons (Fsp3) is 0.375. The van der Waals surface area contributed by atoms with Gasteiger partial charge in [-0.1, -0.05) is 49.2 Å². The van der Waals surface area contributed by atoms with Crippen LogP contribution in [0.1, 0.15) is 84.4 Å². The van der Waals surface area contributed by atoms with Gasteiger partial charge in [-0.3, -0.25) is 9.59 Å². The maximum atomic E-state index is 12.4. The summed E-state index contributed by atoms with van der Waals surface area (Å²) in [7, 11) is 0. The number of benzene rings is 2. The first kappa shape index (κ1) is 32.2. The van der Waals surface area contributed by atoms with Crippen LogP contribution in [0.4, 0.5) is 5.69 Å². The van der Waals surface area contributed by atoms with Crippen LogP contribution >= 0.6 is 11.8 Å². The van der Waals surface area contributed by atoms with Crippen molar-refractivity contribution in [2.24, 2.45) is 0 Å². The number of unbranched alkanes of at least 4 members (excludes halogenated alkanes) is 3. The van der Waals surface area contributed by atoms with E-state index in [0.717, 1.165) is 29.5 Å². The van der Waals surface area contributed by atoms with Crippen molar-refractivity contribution in [2.45, 2.75) is 75.1 Å². The lowest BCUT2D eigenvalue weighted by atomic mass is 10.0. The summed E-state index contributed by atoms with van der Waals surface area (Å²) in [5, 5.41) is 31.0. The molecule has 3 atom stereocenters. The highest BCUT2D eigenvalue weighted by atomic mass is 32.2. The lowest BCUT2D eigenvalue weighted by molar-refractivity contribution is -0.245. The fourth-order valence-corrected chi connectivity index (χ4v) is 5.73. The quantitative estimate of drug-likeness (QED) is 0.120. The monoisotopic (exact) mass is 608 g/mol. The van der Waals surface area contributed by atoms with Crippen molar-refractivity contribution < 1.29 is 39.2 Å². The van der Waals surface area contributed by atoms with Crippen LogP contribution < -0.4 is 5.32 Å². The van der Waals surface area contributed by atoms with Gasteiger partial charge in [0, 0.05) is 42.5 Å². The van der Waals surface area contributed by atoms with Crippen molar-refractivity contribution in [1.82, 2.24) is 4.98 Å². The molecule has 4 rings (SSSR count). The Kier molecular flexibility index (Phi) is 12.1. The zero-order valence-corrected chi connectivity index (χ0v) is 24.5. The number of pyridine rings is 1. The lowest BCUT2D eigenvalue weighted by Crippen LogP contribution is -2.31. The van der Waals surface area contributed by atoms with Gasteiger partial charge in [0.2, 0.25) is 5.91 Å². The number of anilines is 1. The van der Waals surface area contributed by atoms with Crippen molar-refractivity contribution in [1.29, 1.82) is 0 Å². The largest absolute Gasteiger partial charge is 0.481 e. The van der Waals surface area contributed by atoms with Gasteiger partial charge in [-0.2, -0.15) is 0 Å². The van der Waals surface area contributed by atoms with E-state index in [0.29, 0.717) is 42.1 Å². The van der Waals surface area contributed by atoms with E-state index >= 15 is 0 Å². The fourth-order valence-electron chi connectivity index (χ4n) is 4.73. The first-order valence-corrected chi connectivity index (χ1v) is 15.2. The van der Waals surface area contributed by atoms with Crippen molar-refractivity contribution in [2.75, 3.05) is 11.1 Å². The molecule has 11 heteroatoms.